The Morgan fingerprint density at radius 2 is 1.15 bits per heavy atom. The first kappa shape index (κ1) is 30.1. The Kier molecular flexibility index (Phi) is 22.2. The Hall–Kier alpha value is -0.617. The summed E-state index contributed by atoms with van der Waals surface area (Å²) in [6, 6.07) is 20.6. The third kappa shape index (κ3) is 14.5. The molecule has 0 spiro atoms. The first-order chi connectivity index (χ1) is 11.1. The van der Waals surface area contributed by atoms with E-state index < -0.39 is 0 Å². The topological polar surface area (TPSA) is 0 Å². The van der Waals surface area contributed by atoms with E-state index >= 15 is 0 Å². The van der Waals surface area contributed by atoms with E-state index in [9.17, 15) is 0 Å². The molecule has 1 aliphatic carbocycles. The van der Waals surface area contributed by atoms with Crippen molar-refractivity contribution in [2.75, 3.05) is 0 Å². The van der Waals surface area contributed by atoms with E-state index in [2.05, 4.69) is 64.1 Å². The number of allylic oxidation sites excluding steroid dienone is 4. The van der Waals surface area contributed by atoms with Crippen LogP contribution in [-0.2, 0) is 26.2 Å². The molecule has 0 heterocycles. The van der Waals surface area contributed by atoms with E-state index in [0.717, 1.165) is 6.42 Å². The molecular formula is C23H27Cl2Zr-3. The Morgan fingerprint density at radius 3 is 1.31 bits per heavy atom. The Bertz CT molecular complexity index is 522. The quantitative estimate of drug-likeness (QED) is 0.569. The van der Waals surface area contributed by atoms with Crippen LogP contribution >= 0.6 is 0 Å². The van der Waals surface area contributed by atoms with Gasteiger partial charge in [-0.2, -0.15) is 6.08 Å². The zero-order valence-electron chi connectivity index (χ0n) is 15.5. The predicted molar refractivity (Wildman–Crippen MR) is 102 cm³/mol. The molecule has 3 heteroatoms. The maximum absolute atomic E-state index is 3.91. The van der Waals surface area contributed by atoms with Gasteiger partial charge in [0.15, 0.2) is 0 Å². The van der Waals surface area contributed by atoms with Gasteiger partial charge in [0.05, 0.1) is 0 Å². The van der Waals surface area contributed by atoms with Crippen molar-refractivity contribution in [1.82, 2.24) is 0 Å². The summed E-state index contributed by atoms with van der Waals surface area (Å²) in [5.41, 5.74) is 2.61. The van der Waals surface area contributed by atoms with Gasteiger partial charge in [-0.15, -0.1) is 18.3 Å². The Labute approximate surface area is 192 Å². The van der Waals surface area contributed by atoms with E-state index in [4.69, 9.17) is 0 Å². The summed E-state index contributed by atoms with van der Waals surface area (Å²) in [5.74, 6) is 0.817. The fourth-order valence-electron chi connectivity index (χ4n) is 1.90. The second-order valence-corrected chi connectivity index (χ2v) is 5.63. The zero-order chi connectivity index (χ0) is 16.9. The third-order valence-corrected chi connectivity index (χ3v) is 3.32. The maximum atomic E-state index is 3.91. The summed E-state index contributed by atoms with van der Waals surface area (Å²) >= 11 is 0. The predicted octanol–water partition coefficient (Wildman–Crippen LogP) is 0.560. The molecule has 26 heavy (non-hydrogen) atoms. The van der Waals surface area contributed by atoms with Gasteiger partial charge in [0.1, 0.15) is 0 Å². The average molecular weight is 466 g/mol. The van der Waals surface area contributed by atoms with Crippen LogP contribution in [0, 0.1) is 19.9 Å². The largest absolute Gasteiger partial charge is 2.00 e. The smallest absolute Gasteiger partial charge is 1.00 e. The molecule has 0 amide bonds. The van der Waals surface area contributed by atoms with E-state index in [1.54, 1.807) is 0 Å². The molecule has 2 atom stereocenters. The molecular weight excluding hydrogens is 438 g/mol. The first-order valence-electron chi connectivity index (χ1n) is 8.09. The summed E-state index contributed by atoms with van der Waals surface area (Å²) in [4.78, 5) is 0. The summed E-state index contributed by atoms with van der Waals surface area (Å²) in [5, 5.41) is 0. The van der Waals surface area contributed by atoms with Crippen molar-refractivity contribution in [2.45, 2.75) is 32.1 Å². The van der Waals surface area contributed by atoms with Crippen molar-refractivity contribution in [3.8, 4) is 0 Å². The van der Waals surface area contributed by atoms with Gasteiger partial charge in [-0.25, -0.2) is 12.2 Å². The monoisotopic (exact) mass is 463 g/mol. The van der Waals surface area contributed by atoms with Crippen LogP contribution in [0.25, 0.3) is 0 Å². The molecule has 0 saturated carbocycles. The molecule has 3 rings (SSSR count). The van der Waals surface area contributed by atoms with Gasteiger partial charge in [-0.05, 0) is 0 Å². The molecule has 140 valence electrons. The van der Waals surface area contributed by atoms with E-state index in [0.29, 0.717) is 11.8 Å². The fraction of sp³-hybridized carbons (Fsp3) is 0.217. The van der Waals surface area contributed by atoms with Crippen molar-refractivity contribution >= 4 is 0 Å². The minimum absolute atomic E-state index is 0. The number of halogens is 2. The average Bonchev–Trinajstić information content (AvgIpc) is 3.17. The molecule has 0 radical (unpaired) electrons. The van der Waals surface area contributed by atoms with Crippen LogP contribution < -0.4 is 24.8 Å². The molecule has 0 N–H and O–H groups in total. The number of hydrogen-bond acceptors (Lipinski definition) is 0. The molecule has 0 saturated heterocycles. The third-order valence-electron chi connectivity index (χ3n) is 3.32. The number of benzene rings is 2. The molecule has 0 fully saturated rings. The van der Waals surface area contributed by atoms with E-state index in [-0.39, 0.29) is 51.0 Å². The minimum Gasteiger partial charge on any atom is -1.00 e. The van der Waals surface area contributed by atoms with Crippen molar-refractivity contribution < 1.29 is 51.0 Å². The Balaban J connectivity index is -0.000000298. The molecule has 0 aliphatic heterocycles. The van der Waals surface area contributed by atoms with Crippen LogP contribution in [0.5, 0.6) is 0 Å². The molecule has 1 aliphatic rings. The number of hydrogen-bond donors (Lipinski definition) is 0. The molecule has 0 bridgehead atoms. The van der Waals surface area contributed by atoms with Gasteiger partial charge < -0.3 is 38.7 Å². The standard InChI is InChI=1S/2C9H11.C5H5.2ClH.Zr/c2*1-8(2)9-6-4-3-5-7-9;1-2-4-5-3-1;;;/h2*3-8H,1H2,2H3;1-3H,4H2;2*1H;/q3*-1;;;+2/p-2. The second-order valence-electron chi connectivity index (χ2n) is 5.63. The molecule has 2 aromatic carbocycles. The van der Waals surface area contributed by atoms with Crippen molar-refractivity contribution in [3.05, 3.63) is 110 Å². The van der Waals surface area contributed by atoms with E-state index in [1.807, 2.05) is 48.6 Å². The molecule has 0 nitrogen and oxygen atoms in total. The normalized spacial score (nSPS) is 12.5. The summed E-state index contributed by atoms with van der Waals surface area (Å²) in [7, 11) is 0. The van der Waals surface area contributed by atoms with Crippen LogP contribution in [0.3, 0.4) is 0 Å². The number of rotatable bonds is 2. The molecule has 0 aromatic heterocycles. The SMILES string of the molecule is [C-]1=CC=CC1.[CH2-]C(C)c1ccccc1.[CH2-]C(C)c1ccccc1.[Cl-].[Cl-].[Zr+2]. The van der Waals surface area contributed by atoms with Gasteiger partial charge in [0, 0.05) is 0 Å². The van der Waals surface area contributed by atoms with Crippen molar-refractivity contribution in [3.63, 3.8) is 0 Å². The van der Waals surface area contributed by atoms with Crippen molar-refractivity contribution in [1.29, 1.82) is 0 Å². The molecule has 2 aromatic rings. The Morgan fingerprint density at radius 1 is 0.769 bits per heavy atom. The van der Waals surface area contributed by atoms with Crippen LogP contribution in [0.15, 0.2) is 78.9 Å². The van der Waals surface area contributed by atoms with E-state index in [1.165, 1.54) is 11.1 Å². The van der Waals surface area contributed by atoms with Crippen molar-refractivity contribution in [2.24, 2.45) is 0 Å². The van der Waals surface area contributed by atoms with Gasteiger partial charge in [-0.3, -0.25) is 6.08 Å². The van der Waals surface area contributed by atoms with Gasteiger partial charge in [-0.1, -0.05) is 85.6 Å². The summed E-state index contributed by atoms with van der Waals surface area (Å²) < 4.78 is 0. The summed E-state index contributed by atoms with van der Waals surface area (Å²) in [6.07, 6.45) is 10.0. The first-order valence-corrected chi connectivity index (χ1v) is 8.09. The van der Waals surface area contributed by atoms with Gasteiger partial charge >= 0.3 is 26.2 Å². The molecule has 2 unspecified atom stereocenters. The van der Waals surface area contributed by atoms with Crippen LogP contribution in [-0.4, -0.2) is 0 Å². The van der Waals surface area contributed by atoms with Crippen LogP contribution in [0.4, 0.5) is 0 Å². The summed E-state index contributed by atoms with van der Waals surface area (Å²) in [6.45, 7) is 12.0. The van der Waals surface area contributed by atoms with Crippen LogP contribution in [0.1, 0.15) is 43.2 Å². The van der Waals surface area contributed by atoms with Gasteiger partial charge in [0.25, 0.3) is 0 Å². The second kappa shape index (κ2) is 19.2. The maximum Gasteiger partial charge on any atom is 2.00 e. The zero-order valence-corrected chi connectivity index (χ0v) is 19.5. The van der Waals surface area contributed by atoms with Crippen LogP contribution in [0.2, 0.25) is 0 Å². The van der Waals surface area contributed by atoms with Gasteiger partial charge in [0.2, 0.25) is 0 Å². The minimum atomic E-state index is 0. The fourth-order valence-corrected chi connectivity index (χ4v) is 1.90.